The second-order valence-electron chi connectivity index (χ2n) is 2.22. The van der Waals surface area contributed by atoms with Crippen LogP contribution in [0.3, 0.4) is 0 Å². The summed E-state index contributed by atoms with van der Waals surface area (Å²) in [6, 6.07) is 3.09. The molecule has 5 heteroatoms. The fourth-order valence-electron chi connectivity index (χ4n) is 0.671. The van der Waals surface area contributed by atoms with E-state index in [-0.39, 0.29) is 6.08 Å². The van der Waals surface area contributed by atoms with E-state index in [4.69, 9.17) is 0 Å². The van der Waals surface area contributed by atoms with Gasteiger partial charge in [-0.2, -0.15) is 13.2 Å². The number of alkyl halides is 3. The van der Waals surface area contributed by atoms with Crippen molar-refractivity contribution in [1.82, 2.24) is 0 Å². The molecule has 70 valence electrons. The predicted molar refractivity (Wildman–Crippen MR) is 43.8 cm³/mol. The number of hydrogen-bond donors (Lipinski definition) is 0. The summed E-state index contributed by atoms with van der Waals surface area (Å²) in [7, 11) is 0. The molecule has 0 bridgehead atoms. The van der Waals surface area contributed by atoms with Gasteiger partial charge in [0.05, 0.1) is 4.88 Å². The number of allylic oxidation sites excluding steroid dienone is 2. The van der Waals surface area contributed by atoms with Crippen molar-refractivity contribution in [3.63, 3.8) is 0 Å². The zero-order valence-electron chi connectivity index (χ0n) is 6.34. The van der Waals surface area contributed by atoms with Crippen molar-refractivity contribution in [2.24, 2.45) is 0 Å². The molecule has 1 aromatic heterocycles. The van der Waals surface area contributed by atoms with Crippen molar-refractivity contribution >= 4 is 17.1 Å². The van der Waals surface area contributed by atoms with Gasteiger partial charge in [-0.15, -0.1) is 11.3 Å². The molecule has 0 saturated heterocycles. The molecule has 1 nitrogen and oxygen atoms in total. The highest BCUT2D eigenvalue weighted by Gasteiger charge is 2.22. The van der Waals surface area contributed by atoms with Crippen LogP contribution in [0.4, 0.5) is 13.2 Å². The Bertz CT molecular complexity index is 311. The Balaban J connectivity index is 2.67. The summed E-state index contributed by atoms with van der Waals surface area (Å²) >= 11 is 1.11. The van der Waals surface area contributed by atoms with E-state index in [0.717, 1.165) is 11.3 Å². The Morgan fingerprint density at radius 2 is 2.15 bits per heavy atom. The third-order valence-electron chi connectivity index (χ3n) is 1.19. The molecule has 0 aromatic carbocycles. The monoisotopic (exact) mass is 206 g/mol. The molecule has 0 fully saturated rings. The standard InChI is InChI=1S/C8H5F3OS/c9-8(10,11)4-3-6(12)7-2-1-5-13-7/h1-5H/b4-3+. The molecule has 0 amide bonds. The maximum Gasteiger partial charge on any atom is 0.409 e. The van der Waals surface area contributed by atoms with Crippen molar-refractivity contribution < 1.29 is 18.0 Å². The van der Waals surface area contributed by atoms with E-state index >= 15 is 0 Å². The third kappa shape index (κ3) is 3.42. The van der Waals surface area contributed by atoms with Crippen molar-refractivity contribution in [2.75, 3.05) is 0 Å². The van der Waals surface area contributed by atoms with Crippen molar-refractivity contribution in [3.8, 4) is 0 Å². The number of hydrogen-bond acceptors (Lipinski definition) is 2. The van der Waals surface area contributed by atoms with Gasteiger partial charge in [-0.05, 0) is 17.5 Å². The quantitative estimate of drug-likeness (QED) is 0.537. The third-order valence-corrected chi connectivity index (χ3v) is 2.07. The fourth-order valence-corrected chi connectivity index (χ4v) is 1.32. The van der Waals surface area contributed by atoms with Gasteiger partial charge in [0.2, 0.25) is 0 Å². The van der Waals surface area contributed by atoms with E-state index in [0.29, 0.717) is 11.0 Å². The van der Waals surface area contributed by atoms with Crippen LogP contribution in [0, 0.1) is 0 Å². The van der Waals surface area contributed by atoms with Crippen molar-refractivity contribution in [2.45, 2.75) is 6.18 Å². The Kier molecular flexibility index (Phi) is 2.87. The summed E-state index contributed by atoms with van der Waals surface area (Å²) in [6.07, 6.45) is -3.95. The van der Waals surface area contributed by atoms with E-state index in [1.54, 1.807) is 11.4 Å². The van der Waals surface area contributed by atoms with Gasteiger partial charge in [0.15, 0.2) is 5.78 Å². The van der Waals surface area contributed by atoms with Crippen LogP contribution in [0.15, 0.2) is 29.7 Å². The lowest BCUT2D eigenvalue weighted by atomic mass is 10.3. The highest BCUT2D eigenvalue weighted by molar-refractivity contribution is 7.12. The van der Waals surface area contributed by atoms with Crippen LogP contribution >= 0.6 is 11.3 Å². The highest BCUT2D eigenvalue weighted by atomic mass is 32.1. The lowest BCUT2D eigenvalue weighted by molar-refractivity contribution is -0.0799. The maximum absolute atomic E-state index is 11.6. The van der Waals surface area contributed by atoms with Crippen LogP contribution in [0.25, 0.3) is 0 Å². The van der Waals surface area contributed by atoms with E-state index in [1.807, 2.05) is 0 Å². The van der Waals surface area contributed by atoms with Crippen LogP contribution in [0.2, 0.25) is 0 Å². The van der Waals surface area contributed by atoms with E-state index in [2.05, 4.69) is 0 Å². The lowest BCUT2D eigenvalue weighted by Crippen LogP contribution is -2.02. The summed E-state index contributed by atoms with van der Waals surface area (Å²) in [6.45, 7) is 0. The molecule has 13 heavy (non-hydrogen) atoms. The lowest BCUT2D eigenvalue weighted by Gasteiger charge is -1.95. The van der Waals surface area contributed by atoms with Crippen LogP contribution in [0.5, 0.6) is 0 Å². The number of halogens is 3. The van der Waals surface area contributed by atoms with Crippen LogP contribution in [-0.4, -0.2) is 12.0 Å². The number of rotatable bonds is 2. The minimum atomic E-state index is -4.42. The first kappa shape index (κ1) is 9.98. The minimum absolute atomic E-state index is 0.0605. The van der Waals surface area contributed by atoms with Gasteiger partial charge in [-0.1, -0.05) is 6.07 Å². The molecule has 1 heterocycles. The molecule has 0 N–H and O–H groups in total. The van der Waals surface area contributed by atoms with Gasteiger partial charge < -0.3 is 0 Å². The second-order valence-corrected chi connectivity index (χ2v) is 3.16. The highest BCUT2D eigenvalue weighted by Crippen LogP contribution is 2.17. The van der Waals surface area contributed by atoms with Gasteiger partial charge in [0.1, 0.15) is 0 Å². The molecule has 1 rings (SSSR count). The molecule has 0 radical (unpaired) electrons. The summed E-state index contributed by atoms with van der Waals surface area (Å²) < 4.78 is 34.9. The smallest absolute Gasteiger partial charge is 0.288 e. The SMILES string of the molecule is O=C(/C=C/C(F)(F)F)c1cccs1. The van der Waals surface area contributed by atoms with Crippen LogP contribution in [-0.2, 0) is 0 Å². The summed E-state index contributed by atoms with van der Waals surface area (Å²) in [5.41, 5.74) is 0. The number of carbonyl (C=O) groups excluding carboxylic acids is 1. The molecule has 1 aromatic rings. The number of ketones is 1. The largest absolute Gasteiger partial charge is 0.409 e. The van der Waals surface area contributed by atoms with Crippen molar-refractivity contribution in [1.29, 1.82) is 0 Å². The van der Waals surface area contributed by atoms with Gasteiger partial charge in [-0.3, -0.25) is 4.79 Å². The first-order valence-corrected chi connectivity index (χ1v) is 4.21. The average molecular weight is 206 g/mol. The molecule has 0 aliphatic carbocycles. The topological polar surface area (TPSA) is 17.1 Å². The van der Waals surface area contributed by atoms with Gasteiger partial charge in [0.25, 0.3) is 0 Å². The van der Waals surface area contributed by atoms with Gasteiger partial charge in [-0.25, -0.2) is 0 Å². The first-order valence-electron chi connectivity index (χ1n) is 3.33. The summed E-state index contributed by atoms with van der Waals surface area (Å²) in [5.74, 6) is -0.618. The van der Waals surface area contributed by atoms with Crippen LogP contribution in [0.1, 0.15) is 9.67 Å². The Labute approximate surface area is 76.5 Å². The zero-order valence-corrected chi connectivity index (χ0v) is 7.15. The normalized spacial score (nSPS) is 12.2. The van der Waals surface area contributed by atoms with Gasteiger partial charge >= 0.3 is 6.18 Å². The first-order chi connectivity index (χ1) is 5.99. The van der Waals surface area contributed by atoms with E-state index < -0.39 is 12.0 Å². The predicted octanol–water partition coefficient (Wildman–Crippen LogP) is 3.05. The second kappa shape index (κ2) is 3.74. The summed E-state index contributed by atoms with van der Waals surface area (Å²) in [4.78, 5) is 11.3. The fraction of sp³-hybridized carbons (Fsp3) is 0.125. The molecule has 0 atom stereocenters. The van der Waals surface area contributed by atoms with Gasteiger partial charge in [0, 0.05) is 6.08 Å². The number of thiophene rings is 1. The number of carbonyl (C=O) groups is 1. The average Bonchev–Trinajstić information content (AvgIpc) is 2.50. The minimum Gasteiger partial charge on any atom is -0.288 e. The molecule has 0 aliphatic heterocycles. The maximum atomic E-state index is 11.6. The van der Waals surface area contributed by atoms with E-state index in [1.165, 1.54) is 6.07 Å². The Hall–Kier alpha value is -1.10. The Morgan fingerprint density at radius 3 is 2.62 bits per heavy atom. The molecule has 0 unspecified atom stereocenters. The van der Waals surface area contributed by atoms with Crippen LogP contribution < -0.4 is 0 Å². The Morgan fingerprint density at radius 1 is 1.46 bits per heavy atom. The molecular formula is C8H5F3OS. The molecular weight excluding hydrogens is 201 g/mol. The van der Waals surface area contributed by atoms with Crippen molar-refractivity contribution in [3.05, 3.63) is 34.5 Å². The summed E-state index contributed by atoms with van der Waals surface area (Å²) in [5, 5.41) is 1.63. The molecule has 0 saturated carbocycles. The molecule has 0 aliphatic rings. The van der Waals surface area contributed by atoms with E-state index in [9.17, 15) is 18.0 Å². The zero-order chi connectivity index (χ0) is 9.90. The molecule has 0 spiro atoms.